The van der Waals surface area contributed by atoms with Gasteiger partial charge in [0.05, 0.1) is 12.7 Å². The van der Waals surface area contributed by atoms with Crippen LogP contribution >= 0.6 is 0 Å². The van der Waals surface area contributed by atoms with Gasteiger partial charge < -0.3 is 19.9 Å². The molecular formula is C29H35N3O3. The van der Waals surface area contributed by atoms with Crippen LogP contribution in [0.15, 0.2) is 72.6 Å². The fourth-order valence-electron chi connectivity index (χ4n) is 3.99. The van der Waals surface area contributed by atoms with Gasteiger partial charge >= 0.3 is 0 Å². The molecule has 0 fully saturated rings. The summed E-state index contributed by atoms with van der Waals surface area (Å²) in [5.74, 6) is 0.182. The normalized spacial score (nSPS) is 11.9. The molecule has 2 aromatic carbocycles. The van der Waals surface area contributed by atoms with Crippen LogP contribution in [0.25, 0.3) is 16.5 Å². The minimum Gasteiger partial charge on any atom is -0.501 e. The number of allylic oxidation sites excluding steroid dienone is 3. The van der Waals surface area contributed by atoms with Crippen molar-refractivity contribution in [2.24, 2.45) is 0 Å². The van der Waals surface area contributed by atoms with Gasteiger partial charge in [-0.1, -0.05) is 56.3 Å². The summed E-state index contributed by atoms with van der Waals surface area (Å²) in [6.45, 7) is 10.5. The van der Waals surface area contributed by atoms with E-state index in [1.165, 1.54) is 0 Å². The molecule has 0 unspecified atom stereocenters. The molecule has 2 N–H and O–H groups in total. The minimum atomic E-state index is -0.184. The number of fused-ring (bicyclic) bond motifs is 1. The van der Waals surface area contributed by atoms with E-state index >= 15 is 0 Å². The number of unbranched alkanes of at least 4 members (excludes halogenated alkanes) is 1. The number of ketones is 1. The van der Waals surface area contributed by atoms with Crippen LogP contribution in [0.5, 0.6) is 0 Å². The van der Waals surface area contributed by atoms with E-state index in [1.807, 2.05) is 36.4 Å². The van der Waals surface area contributed by atoms with Crippen molar-refractivity contribution in [2.45, 2.75) is 26.7 Å². The number of carbonyl (C=O) groups excluding carboxylic acids is 2. The Balaban J connectivity index is 1.79. The topological polar surface area (TPSA) is 74.4 Å². The van der Waals surface area contributed by atoms with Gasteiger partial charge in [-0.25, -0.2) is 0 Å². The highest BCUT2D eigenvalue weighted by molar-refractivity contribution is 6.23. The van der Waals surface area contributed by atoms with Gasteiger partial charge in [-0.05, 0) is 50.2 Å². The van der Waals surface area contributed by atoms with Gasteiger partial charge in [0.25, 0.3) is 5.91 Å². The summed E-state index contributed by atoms with van der Waals surface area (Å²) in [7, 11) is 3.61. The highest BCUT2D eigenvalue weighted by atomic mass is 16.5. The number of ether oxygens (including phenoxy) is 1. The van der Waals surface area contributed by atoms with E-state index < -0.39 is 0 Å². The quantitative estimate of drug-likeness (QED) is 0.159. The van der Waals surface area contributed by atoms with Crippen LogP contribution in [0.4, 0.5) is 0 Å². The Morgan fingerprint density at radius 2 is 1.83 bits per heavy atom. The Labute approximate surface area is 207 Å². The Morgan fingerprint density at radius 1 is 1.09 bits per heavy atom. The molecule has 1 heterocycles. The number of amides is 1. The first-order valence-corrected chi connectivity index (χ1v) is 12.0. The summed E-state index contributed by atoms with van der Waals surface area (Å²) in [5.41, 5.74) is 3.66. The van der Waals surface area contributed by atoms with E-state index in [1.54, 1.807) is 32.4 Å². The third kappa shape index (κ3) is 6.28. The van der Waals surface area contributed by atoms with Crippen LogP contribution < -0.4 is 5.32 Å². The molecular weight excluding hydrogens is 438 g/mol. The van der Waals surface area contributed by atoms with Crippen LogP contribution in [0, 0.1) is 0 Å². The molecule has 0 radical (unpaired) electrons. The number of likely N-dealkylation sites (N-methyl/N-ethyl adjacent to an activating group) is 1. The van der Waals surface area contributed by atoms with Crippen molar-refractivity contribution in [3.05, 3.63) is 89.3 Å². The highest BCUT2D eigenvalue weighted by Gasteiger charge is 2.23. The van der Waals surface area contributed by atoms with Gasteiger partial charge in [-0.15, -0.1) is 0 Å². The molecule has 0 spiro atoms. The summed E-state index contributed by atoms with van der Waals surface area (Å²) < 4.78 is 5.44. The molecule has 3 aromatic rings. The zero-order valence-electron chi connectivity index (χ0n) is 21.1. The minimum absolute atomic E-state index is 0.133. The zero-order valence-corrected chi connectivity index (χ0v) is 21.1. The molecule has 0 aliphatic carbocycles. The van der Waals surface area contributed by atoms with Crippen LogP contribution in [-0.2, 0) is 4.74 Å². The standard InChI is InChI=1S/C29H35N3O3/c1-6-7-16-32(4)17-15-30-29(34)23-13-14-24-25(19-31-26(24)18-23)28(33)27(21(3)35-5)20(2)22-11-9-8-10-12-22/h8-14,18-19,31H,2,6-7,15-17H2,1,3-5H3,(H,30,34)/b27-21+. The van der Waals surface area contributed by atoms with Crippen molar-refractivity contribution in [3.8, 4) is 0 Å². The number of methoxy groups -OCH3 is 1. The summed E-state index contributed by atoms with van der Waals surface area (Å²) in [6.07, 6.45) is 3.98. The SMILES string of the molecule is C=C(/C(C(=O)c1c[nH]c2cc(C(=O)NCCN(C)CCCC)ccc12)=C(/C)OC)c1ccccc1. The first kappa shape index (κ1) is 26.0. The monoisotopic (exact) mass is 473 g/mol. The Kier molecular flexibility index (Phi) is 9.04. The van der Waals surface area contributed by atoms with Crippen molar-refractivity contribution >= 4 is 28.2 Å². The molecule has 0 bridgehead atoms. The number of Topliss-reactive ketones (excluding diaryl/α,β-unsaturated/α-hetero) is 1. The lowest BCUT2D eigenvalue weighted by molar-refractivity contribution is 0.0949. The van der Waals surface area contributed by atoms with E-state index in [-0.39, 0.29) is 11.7 Å². The summed E-state index contributed by atoms with van der Waals surface area (Å²) in [4.78, 5) is 31.7. The van der Waals surface area contributed by atoms with Gasteiger partial charge in [0.1, 0.15) is 5.76 Å². The molecule has 0 saturated heterocycles. The molecule has 35 heavy (non-hydrogen) atoms. The second-order valence-electron chi connectivity index (χ2n) is 8.68. The largest absolute Gasteiger partial charge is 0.501 e. The maximum atomic E-state index is 13.6. The molecule has 6 nitrogen and oxygen atoms in total. The number of nitrogens with zero attached hydrogens (tertiary/aromatic N) is 1. The Bertz CT molecular complexity index is 1220. The Hall–Kier alpha value is -3.64. The van der Waals surface area contributed by atoms with Crippen molar-refractivity contribution < 1.29 is 14.3 Å². The second-order valence-corrected chi connectivity index (χ2v) is 8.68. The third-order valence-electron chi connectivity index (χ3n) is 6.17. The lowest BCUT2D eigenvalue weighted by Crippen LogP contribution is -2.33. The number of hydrogen-bond donors (Lipinski definition) is 2. The molecule has 3 rings (SSSR count). The van der Waals surface area contributed by atoms with Crippen LogP contribution in [0.1, 0.15) is 53.0 Å². The number of hydrogen-bond acceptors (Lipinski definition) is 4. The van der Waals surface area contributed by atoms with Crippen LogP contribution in [0.3, 0.4) is 0 Å². The van der Waals surface area contributed by atoms with Crippen molar-refractivity contribution in [1.29, 1.82) is 0 Å². The number of nitrogens with one attached hydrogen (secondary N) is 2. The molecule has 1 aromatic heterocycles. The number of H-pyrrole nitrogens is 1. The number of aromatic amines is 1. The maximum absolute atomic E-state index is 13.6. The van der Waals surface area contributed by atoms with E-state index in [9.17, 15) is 9.59 Å². The first-order chi connectivity index (χ1) is 16.9. The van der Waals surface area contributed by atoms with E-state index in [0.717, 1.165) is 42.4 Å². The molecule has 0 aliphatic heterocycles. The first-order valence-electron chi connectivity index (χ1n) is 12.0. The fourth-order valence-corrected chi connectivity index (χ4v) is 3.99. The van der Waals surface area contributed by atoms with Crippen molar-refractivity contribution in [2.75, 3.05) is 33.8 Å². The molecule has 6 heteroatoms. The number of rotatable bonds is 12. The van der Waals surface area contributed by atoms with Crippen LogP contribution in [0.2, 0.25) is 0 Å². The zero-order chi connectivity index (χ0) is 25.4. The molecule has 0 aliphatic rings. The van der Waals surface area contributed by atoms with Gasteiger partial charge in [-0.3, -0.25) is 9.59 Å². The van der Waals surface area contributed by atoms with Crippen molar-refractivity contribution in [1.82, 2.24) is 15.2 Å². The molecule has 0 saturated carbocycles. The lowest BCUT2D eigenvalue weighted by atomic mass is 9.91. The van der Waals surface area contributed by atoms with Gasteiger partial charge in [0.15, 0.2) is 5.78 Å². The summed E-state index contributed by atoms with van der Waals surface area (Å²) in [5, 5.41) is 3.72. The summed E-state index contributed by atoms with van der Waals surface area (Å²) >= 11 is 0. The molecule has 0 atom stereocenters. The Morgan fingerprint density at radius 3 is 2.51 bits per heavy atom. The maximum Gasteiger partial charge on any atom is 0.251 e. The van der Waals surface area contributed by atoms with E-state index in [0.29, 0.717) is 34.6 Å². The predicted molar refractivity (Wildman–Crippen MR) is 143 cm³/mol. The van der Waals surface area contributed by atoms with Gasteiger partial charge in [0.2, 0.25) is 0 Å². The average Bonchev–Trinajstić information content (AvgIpc) is 3.31. The van der Waals surface area contributed by atoms with Crippen LogP contribution in [-0.4, -0.2) is 55.4 Å². The van der Waals surface area contributed by atoms with E-state index in [4.69, 9.17) is 4.74 Å². The fraction of sp³-hybridized carbons (Fsp3) is 0.310. The highest BCUT2D eigenvalue weighted by Crippen LogP contribution is 2.30. The van der Waals surface area contributed by atoms with Crippen molar-refractivity contribution in [3.63, 3.8) is 0 Å². The lowest BCUT2D eigenvalue weighted by Gasteiger charge is -2.16. The number of carbonyl (C=O) groups is 2. The predicted octanol–water partition coefficient (Wildman–Crippen LogP) is 5.45. The second kappa shape index (κ2) is 12.2. The van der Waals surface area contributed by atoms with Gasteiger partial charge in [0, 0.05) is 41.3 Å². The average molecular weight is 474 g/mol. The molecule has 184 valence electrons. The van der Waals surface area contributed by atoms with Gasteiger partial charge in [-0.2, -0.15) is 0 Å². The smallest absolute Gasteiger partial charge is 0.251 e. The third-order valence-corrected chi connectivity index (χ3v) is 6.17. The number of aromatic nitrogens is 1. The van der Waals surface area contributed by atoms with E-state index in [2.05, 4.69) is 35.8 Å². The number of benzene rings is 2. The summed E-state index contributed by atoms with van der Waals surface area (Å²) in [6, 6.07) is 14.9. The molecule has 1 amide bonds.